The number of hydrogen-bond donors (Lipinski definition) is 1. The van der Waals surface area contributed by atoms with Crippen LogP contribution in [0.3, 0.4) is 0 Å². The molecule has 2 aromatic rings. The number of benzene rings is 1. The third-order valence-corrected chi connectivity index (χ3v) is 4.32. The Hall–Kier alpha value is -2.08. The van der Waals surface area contributed by atoms with Gasteiger partial charge >= 0.3 is 0 Å². The minimum Gasteiger partial charge on any atom is -0.444 e. The monoisotopic (exact) mass is 376 g/mol. The highest BCUT2D eigenvalue weighted by atomic mass is 79.9. The van der Waals surface area contributed by atoms with Crippen LogP contribution in [-0.2, 0) is 17.8 Å². The first-order chi connectivity index (χ1) is 11.1. The summed E-state index contributed by atoms with van der Waals surface area (Å²) in [4.78, 5) is 25.7. The molecule has 6 heteroatoms. The summed E-state index contributed by atoms with van der Waals surface area (Å²) in [5.74, 6) is 0.171. The molecule has 0 bridgehead atoms. The molecule has 1 aromatic heterocycles. The highest BCUT2D eigenvalue weighted by molar-refractivity contribution is 9.10. The standard InChI is InChI=1S/C17H17BrN2O3/c1-2-16(21)20-8-7-12-9-11(3-4-13(12)20)10-19-17(22)14-5-6-15(18)23-14/h3-6,9H,2,7-8,10H2,1H3,(H,19,22). The molecule has 1 N–H and O–H groups in total. The van der Waals surface area contributed by atoms with Gasteiger partial charge in [0.25, 0.3) is 5.91 Å². The number of halogens is 1. The maximum atomic E-state index is 12.0. The normalized spacial score (nSPS) is 13.0. The summed E-state index contributed by atoms with van der Waals surface area (Å²) in [6.45, 7) is 3.03. The zero-order chi connectivity index (χ0) is 16.4. The van der Waals surface area contributed by atoms with E-state index >= 15 is 0 Å². The fourth-order valence-corrected chi connectivity index (χ4v) is 3.03. The fourth-order valence-electron chi connectivity index (χ4n) is 2.72. The lowest BCUT2D eigenvalue weighted by atomic mass is 10.1. The highest BCUT2D eigenvalue weighted by Crippen LogP contribution is 2.29. The number of fused-ring (bicyclic) bond motifs is 1. The van der Waals surface area contributed by atoms with Crippen molar-refractivity contribution in [3.05, 3.63) is 51.9 Å². The topological polar surface area (TPSA) is 62.6 Å². The molecular formula is C17H17BrN2O3. The van der Waals surface area contributed by atoms with E-state index in [1.807, 2.05) is 24.0 Å². The third-order valence-electron chi connectivity index (χ3n) is 3.89. The van der Waals surface area contributed by atoms with Gasteiger partial charge in [0.1, 0.15) is 0 Å². The lowest BCUT2D eigenvalue weighted by Crippen LogP contribution is -2.27. The zero-order valence-corrected chi connectivity index (χ0v) is 14.4. The van der Waals surface area contributed by atoms with E-state index in [1.54, 1.807) is 12.1 Å². The van der Waals surface area contributed by atoms with E-state index in [0.717, 1.165) is 29.8 Å². The van der Waals surface area contributed by atoms with Gasteiger partial charge in [0, 0.05) is 25.2 Å². The lowest BCUT2D eigenvalue weighted by molar-refractivity contribution is -0.118. The smallest absolute Gasteiger partial charge is 0.287 e. The molecule has 0 radical (unpaired) electrons. The van der Waals surface area contributed by atoms with Gasteiger partial charge in [-0.2, -0.15) is 0 Å². The predicted octanol–water partition coefficient (Wildman–Crippen LogP) is 3.27. The Morgan fingerprint density at radius 3 is 2.83 bits per heavy atom. The molecule has 23 heavy (non-hydrogen) atoms. The number of rotatable bonds is 4. The van der Waals surface area contributed by atoms with Crippen LogP contribution in [0.2, 0.25) is 0 Å². The summed E-state index contributed by atoms with van der Waals surface area (Å²) in [5, 5.41) is 2.83. The Labute approximate surface area is 142 Å². The number of anilines is 1. The molecule has 1 aliphatic heterocycles. The van der Waals surface area contributed by atoms with Crippen molar-refractivity contribution in [1.29, 1.82) is 0 Å². The molecule has 0 unspecified atom stereocenters. The van der Waals surface area contributed by atoms with Gasteiger partial charge in [-0.3, -0.25) is 9.59 Å². The number of carbonyl (C=O) groups is 2. The van der Waals surface area contributed by atoms with Crippen molar-refractivity contribution >= 4 is 33.4 Å². The van der Waals surface area contributed by atoms with E-state index in [-0.39, 0.29) is 17.6 Å². The summed E-state index contributed by atoms with van der Waals surface area (Å²) in [7, 11) is 0. The van der Waals surface area contributed by atoms with E-state index < -0.39 is 0 Å². The van der Waals surface area contributed by atoms with Gasteiger partial charge in [0.05, 0.1) is 0 Å². The second kappa shape index (κ2) is 6.58. The zero-order valence-electron chi connectivity index (χ0n) is 12.8. The van der Waals surface area contributed by atoms with Crippen LogP contribution in [0.1, 0.15) is 35.0 Å². The average Bonchev–Trinajstić information content (AvgIpc) is 3.17. The minimum absolute atomic E-state index is 0.146. The van der Waals surface area contributed by atoms with E-state index in [2.05, 4.69) is 27.3 Å². The number of nitrogens with one attached hydrogen (secondary N) is 1. The SMILES string of the molecule is CCC(=O)N1CCc2cc(CNC(=O)c3ccc(Br)o3)ccc21. The maximum Gasteiger partial charge on any atom is 0.287 e. The maximum absolute atomic E-state index is 12.0. The molecule has 1 aromatic carbocycles. The molecule has 2 heterocycles. The molecule has 0 saturated carbocycles. The third kappa shape index (κ3) is 3.32. The van der Waals surface area contributed by atoms with Crippen LogP contribution < -0.4 is 10.2 Å². The van der Waals surface area contributed by atoms with E-state index in [4.69, 9.17) is 4.42 Å². The van der Waals surface area contributed by atoms with Crippen LogP contribution in [0.5, 0.6) is 0 Å². The lowest BCUT2D eigenvalue weighted by Gasteiger charge is -2.16. The first kappa shape index (κ1) is 15.8. The average molecular weight is 377 g/mol. The first-order valence-electron chi connectivity index (χ1n) is 7.54. The van der Waals surface area contributed by atoms with Crippen LogP contribution in [0.15, 0.2) is 39.4 Å². The molecule has 3 rings (SSSR count). The van der Waals surface area contributed by atoms with Gasteiger partial charge in [-0.1, -0.05) is 19.1 Å². The van der Waals surface area contributed by atoms with Crippen molar-refractivity contribution in [2.75, 3.05) is 11.4 Å². The summed E-state index contributed by atoms with van der Waals surface area (Å²) < 4.78 is 5.75. The van der Waals surface area contributed by atoms with E-state index in [1.165, 1.54) is 0 Å². The predicted molar refractivity (Wildman–Crippen MR) is 90.4 cm³/mol. The quantitative estimate of drug-likeness (QED) is 0.890. The highest BCUT2D eigenvalue weighted by Gasteiger charge is 2.23. The van der Waals surface area contributed by atoms with Gasteiger partial charge in [0.2, 0.25) is 5.91 Å². The molecule has 1 aliphatic rings. The molecule has 0 aliphatic carbocycles. The summed E-state index contributed by atoms with van der Waals surface area (Å²) in [6, 6.07) is 9.26. The van der Waals surface area contributed by atoms with Crippen molar-refractivity contribution < 1.29 is 14.0 Å². The van der Waals surface area contributed by atoms with Gasteiger partial charge in [-0.25, -0.2) is 0 Å². The van der Waals surface area contributed by atoms with Crippen molar-refractivity contribution in [2.45, 2.75) is 26.3 Å². The Balaban J connectivity index is 1.66. The van der Waals surface area contributed by atoms with Crippen LogP contribution in [0.4, 0.5) is 5.69 Å². The van der Waals surface area contributed by atoms with Gasteiger partial charge in [-0.15, -0.1) is 0 Å². The Bertz CT molecular complexity index is 754. The second-order valence-electron chi connectivity index (χ2n) is 5.40. The fraction of sp³-hybridized carbons (Fsp3) is 0.294. The molecule has 5 nitrogen and oxygen atoms in total. The number of furan rings is 1. The molecule has 0 atom stereocenters. The Kier molecular flexibility index (Phi) is 4.52. The number of nitrogens with zero attached hydrogens (tertiary/aromatic N) is 1. The van der Waals surface area contributed by atoms with Crippen LogP contribution in [-0.4, -0.2) is 18.4 Å². The van der Waals surface area contributed by atoms with Gasteiger partial charge < -0.3 is 14.6 Å². The molecule has 2 amide bonds. The molecule has 0 saturated heterocycles. The van der Waals surface area contributed by atoms with Gasteiger partial charge in [-0.05, 0) is 51.7 Å². The minimum atomic E-state index is -0.251. The van der Waals surface area contributed by atoms with Crippen molar-refractivity contribution in [3.63, 3.8) is 0 Å². The number of amides is 2. The number of carbonyl (C=O) groups excluding carboxylic acids is 2. The van der Waals surface area contributed by atoms with Crippen LogP contribution in [0.25, 0.3) is 0 Å². The second-order valence-corrected chi connectivity index (χ2v) is 6.18. The van der Waals surface area contributed by atoms with Crippen LogP contribution in [0, 0.1) is 0 Å². The summed E-state index contributed by atoms with van der Waals surface area (Å²) in [6.07, 6.45) is 1.37. The largest absolute Gasteiger partial charge is 0.444 e. The Morgan fingerprint density at radius 2 is 2.13 bits per heavy atom. The molecular weight excluding hydrogens is 360 g/mol. The molecule has 120 valence electrons. The van der Waals surface area contributed by atoms with Crippen molar-refractivity contribution in [2.24, 2.45) is 0 Å². The Morgan fingerprint density at radius 1 is 1.30 bits per heavy atom. The van der Waals surface area contributed by atoms with Gasteiger partial charge in [0.15, 0.2) is 10.4 Å². The molecule has 0 fully saturated rings. The first-order valence-corrected chi connectivity index (χ1v) is 8.33. The van der Waals surface area contributed by atoms with Crippen LogP contribution >= 0.6 is 15.9 Å². The summed E-state index contributed by atoms with van der Waals surface area (Å²) >= 11 is 3.17. The van der Waals surface area contributed by atoms with E-state index in [9.17, 15) is 9.59 Å². The van der Waals surface area contributed by atoms with Crippen molar-refractivity contribution in [3.8, 4) is 0 Å². The number of hydrogen-bond acceptors (Lipinski definition) is 3. The summed E-state index contributed by atoms with van der Waals surface area (Å²) in [5.41, 5.74) is 3.15. The van der Waals surface area contributed by atoms with E-state index in [0.29, 0.717) is 17.6 Å². The van der Waals surface area contributed by atoms with Crippen molar-refractivity contribution in [1.82, 2.24) is 5.32 Å². The molecule has 0 spiro atoms.